The molecule has 8 heteroatoms. The number of carbonyl (C=O) groups is 2. The van der Waals surface area contributed by atoms with E-state index in [9.17, 15) is 14.0 Å². The Labute approximate surface area is 148 Å². The van der Waals surface area contributed by atoms with Gasteiger partial charge in [0.1, 0.15) is 0 Å². The maximum absolute atomic E-state index is 13.6. The molecule has 25 heavy (non-hydrogen) atoms. The third-order valence-corrected chi connectivity index (χ3v) is 3.56. The summed E-state index contributed by atoms with van der Waals surface area (Å²) in [5.74, 6) is -1.71. The van der Waals surface area contributed by atoms with E-state index in [-0.39, 0.29) is 17.3 Å². The van der Waals surface area contributed by atoms with Crippen LogP contribution in [0.1, 0.15) is 12.5 Å². The summed E-state index contributed by atoms with van der Waals surface area (Å²) in [6.45, 7) is 1.42. The van der Waals surface area contributed by atoms with Crippen molar-refractivity contribution in [2.45, 2.75) is 19.4 Å². The molecule has 2 aromatic rings. The van der Waals surface area contributed by atoms with Crippen LogP contribution in [0.15, 0.2) is 36.5 Å². The van der Waals surface area contributed by atoms with Crippen molar-refractivity contribution in [1.29, 1.82) is 0 Å². The van der Waals surface area contributed by atoms with Gasteiger partial charge in [0.05, 0.1) is 19.2 Å². The zero-order chi connectivity index (χ0) is 18.4. The maximum atomic E-state index is 13.6. The van der Waals surface area contributed by atoms with Gasteiger partial charge in [-0.1, -0.05) is 17.7 Å². The van der Waals surface area contributed by atoms with Crippen molar-refractivity contribution in [1.82, 2.24) is 4.98 Å². The topological polar surface area (TPSA) is 77.5 Å². The molecule has 0 spiro atoms. The van der Waals surface area contributed by atoms with Crippen LogP contribution in [0.2, 0.25) is 5.15 Å². The minimum atomic E-state index is -1.05. The van der Waals surface area contributed by atoms with E-state index in [1.54, 1.807) is 18.2 Å². The summed E-state index contributed by atoms with van der Waals surface area (Å²) in [6, 6.07) is 7.32. The highest BCUT2D eigenvalue weighted by atomic mass is 35.5. The van der Waals surface area contributed by atoms with Crippen LogP contribution in [-0.4, -0.2) is 30.1 Å². The van der Waals surface area contributed by atoms with Gasteiger partial charge >= 0.3 is 5.97 Å². The molecule has 1 atom stereocenters. The van der Waals surface area contributed by atoms with Crippen LogP contribution in [0.4, 0.5) is 10.1 Å². The van der Waals surface area contributed by atoms with E-state index in [0.29, 0.717) is 11.3 Å². The molecule has 1 amide bonds. The normalized spacial score (nSPS) is 11.5. The highest BCUT2D eigenvalue weighted by Crippen LogP contribution is 2.19. The van der Waals surface area contributed by atoms with Gasteiger partial charge in [0.2, 0.25) is 0 Å². The summed E-state index contributed by atoms with van der Waals surface area (Å²) in [5.41, 5.74) is 0.723. The van der Waals surface area contributed by atoms with Crippen LogP contribution in [0.3, 0.4) is 0 Å². The van der Waals surface area contributed by atoms with Gasteiger partial charge in [-0.15, -0.1) is 0 Å². The number of benzene rings is 1. The second kappa shape index (κ2) is 8.43. The Morgan fingerprint density at radius 2 is 2.12 bits per heavy atom. The predicted octanol–water partition coefficient (Wildman–Crippen LogP) is 3.00. The Morgan fingerprint density at radius 1 is 1.36 bits per heavy atom. The molecular weight excluding hydrogens is 351 g/mol. The Bertz CT molecular complexity index is 785. The number of aromatic nitrogens is 1. The molecule has 1 aromatic heterocycles. The van der Waals surface area contributed by atoms with E-state index in [2.05, 4.69) is 10.3 Å². The summed E-state index contributed by atoms with van der Waals surface area (Å²) in [6.07, 6.45) is 0.258. The molecule has 1 N–H and O–H groups in total. The molecule has 1 aromatic carbocycles. The molecular formula is C17H16ClFN2O4. The smallest absolute Gasteiger partial charge is 0.311 e. The maximum Gasteiger partial charge on any atom is 0.311 e. The van der Waals surface area contributed by atoms with Gasteiger partial charge in [-0.05, 0) is 36.8 Å². The third kappa shape index (κ3) is 5.15. The molecule has 132 valence electrons. The van der Waals surface area contributed by atoms with E-state index < -0.39 is 23.8 Å². The van der Waals surface area contributed by atoms with Gasteiger partial charge in [-0.25, -0.2) is 9.37 Å². The minimum absolute atomic E-state index is 0.0817. The number of hydrogen-bond acceptors (Lipinski definition) is 5. The molecule has 0 unspecified atom stereocenters. The zero-order valence-electron chi connectivity index (χ0n) is 13.6. The van der Waals surface area contributed by atoms with Crippen LogP contribution < -0.4 is 10.1 Å². The number of methoxy groups -OCH3 is 1. The summed E-state index contributed by atoms with van der Waals surface area (Å²) >= 11 is 5.85. The Balaban J connectivity index is 1.92. The number of halogens is 2. The van der Waals surface area contributed by atoms with Gasteiger partial charge in [0.15, 0.2) is 22.8 Å². The van der Waals surface area contributed by atoms with Crippen molar-refractivity contribution in [2.75, 3.05) is 12.4 Å². The third-order valence-electron chi connectivity index (χ3n) is 3.26. The Hall–Kier alpha value is -2.67. The second-order valence-electron chi connectivity index (χ2n) is 5.11. The number of carbonyl (C=O) groups excluding carboxylic acids is 2. The van der Waals surface area contributed by atoms with Gasteiger partial charge in [-0.3, -0.25) is 9.59 Å². The fourth-order valence-corrected chi connectivity index (χ4v) is 2.16. The average Bonchev–Trinajstić information content (AvgIpc) is 2.57. The quantitative estimate of drug-likeness (QED) is 0.628. The summed E-state index contributed by atoms with van der Waals surface area (Å²) < 4.78 is 23.5. The lowest BCUT2D eigenvalue weighted by molar-refractivity contribution is -0.152. The van der Waals surface area contributed by atoms with Gasteiger partial charge in [-0.2, -0.15) is 0 Å². The molecule has 0 aliphatic carbocycles. The largest absolute Gasteiger partial charge is 0.494 e. The highest BCUT2D eigenvalue weighted by molar-refractivity contribution is 6.32. The van der Waals surface area contributed by atoms with Gasteiger partial charge in [0, 0.05) is 6.20 Å². The first-order valence-corrected chi connectivity index (χ1v) is 7.71. The van der Waals surface area contributed by atoms with E-state index >= 15 is 0 Å². The summed E-state index contributed by atoms with van der Waals surface area (Å²) in [4.78, 5) is 27.8. The van der Waals surface area contributed by atoms with Crippen molar-refractivity contribution in [2.24, 2.45) is 0 Å². The molecule has 6 nitrogen and oxygen atoms in total. The van der Waals surface area contributed by atoms with E-state index in [1.165, 1.54) is 32.4 Å². The van der Waals surface area contributed by atoms with E-state index in [0.717, 1.165) is 0 Å². The van der Waals surface area contributed by atoms with Crippen molar-refractivity contribution >= 4 is 29.2 Å². The second-order valence-corrected chi connectivity index (χ2v) is 5.47. The number of anilines is 1. The number of nitrogens with zero attached hydrogens (tertiary/aromatic N) is 1. The fraction of sp³-hybridized carbons (Fsp3) is 0.235. The molecule has 2 rings (SSSR count). The number of amides is 1. The minimum Gasteiger partial charge on any atom is -0.494 e. The fourth-order valence-electron chi connectivity index (χ4n) is 1.99. The van der Waals surface area contributed by atoms with Crippen molar-refractivity contribution in [3.63, 3.8) is 0 Å². The number of ether oxygens (including phenoxy) is 2. The molecule has 0 aliphatic rings. The standard InChI is InChI=1S/C17H16ClFN2O4/c1-10(17(23)21-13-4-3-7-20-16(13)18)25-15(22)9-11-5-6-14(24-2)12(19)8-11/h3-8,10H,9H2,1-2H3,(H,21,23)/t10-/m0/s1. The molecule has 0 saturated heterocycles. The zero-order valence-corrected chi connectivity index (χ0v) is 14.3. The average molecular weight is 367 g/mol. The number of pyridine rings is 1. The lowest BCUT2D eigenvalue weighted by atomic mass is 10.1. The van der Waals surface area contributed by atoms with Gasteiger partial charge < -0.3 is 14.8 Å². The molecule has 0 radical (unpaired) electrons. The Kier molecular flexibility index (Phi) is 6.30. The van der Waals surface area contributed by atoms with Crippen molar-refractivity contribution in [3.05, 3.63) is 53.1 Å². The van der Waals surface area contributed by atoms with Crippen LogP contribution in [0.5, 0.6) is 5.75 Å². The first kappa shape index (κ1) is 18.7. The predicted molar refractivity (Wildman–Crippen MR) is 90.1 cm³/mol. The molecule has 0 aliphatic heterocycles. The van der Waals surface area contributed by atoms with Crippen LogP contribution >= 0.6 is 11.6 Å². The van der Waals surface area contributed by atoms with E-state index in [1.807, 2.05) is 0 Å². The molecule has 0 bridgehead atoms. The first-order valence-electron chi connectivity index (χ1n) is 7.34. The van der Waals surface area contributed by atoms with E-state index in [4.69, 9.17) is 21.1 Å². The summed E-state index contributed by atoms with van der Waals surface area (Å²) in [7, 11) is 1.35. The molecule has 0 saturated carbocycles. The lowest BCUT2D eigenvalue weighted by Gasteiger charge is -2.14. The monoisotopic (exact) mass is 366 g/mol. The SMILES string of the molecule is COc1ccc(CC(=O)O[C@@H](C)C(=O)Nc2cccnc2Cl)cc1F. The number of hydrogen-bond donors (Lipinski definition) is 1. The molecule has 1 heterocycles. The summed E-state index contributed by atoms with van der Waals surface area (Å²) in [5, 5.41) is 2.64. The number of esters is 1. The van der Waals surface area contributed by atoms with Crippen LogP contribution in [-0.2, 0) is 20.7 Å². The molecule has 0 fully saturated rings. The Morgan fingerprint density at radius 3 is 2.76 bits per heavy atom. The first-order chi connectivity index (χ1) is 11.9. The van der Waals surface area contributed by atoms with Crippen molar-refractivity contribution in [3.8, 4) is 5.75 Å². The van der Waals surface area contributed by atoms with Crippen LogP contribution in [0.25, 0.3) is 0 Å². The number of rotatable bonds is 6. The number of nitrogens with one attached hydrogen (secondary N) is 1. The highest BCUT2D eigenvalue weighted by Gasteiger charge is 2.19. The van der Waals surface area contributed by atoms with Crippen molar-refractivity contribution < 1.29 is 23.5 Å². The lowest BCUT2D eigenvalue weighted by Crippen LogP contribution is -2.30. The van der Waals surface area contributed by atoms with Crippen LogP contribution in [0, 0.1) is 5.82 Å². The van der Waals surface area contributed by atoms with Gasteiger partial charge in [0.25, 0.3) is 5.91 Å².